The number of aldehydes is 1. The summed E-state index contributed by atoms with van der Waals surface area (Å²) in [5, 5.41) is 4.67. The number of likely N-dealkylation sites (tertiary alicyclic amines) is 1. The van der Waals surface area contributed by atoms with Gasteiger partial charge < -0.3 is 14.8 Å². The Morgan fingerprint density at radius 1 is 1.06 bits per heavy atom. The molecule has 1 saturated heterocycles. The standard InChI is InChI=1S/C24H27N5O2/c30-14-13-29-11-7-18(8-12-29)23-24(26-10-9-25-23)31-20-15-19(16-20)27-22-6-5-17-3-1-2-4-21(17)28-22/h1-6,9-10,14,18-20H,7-8,11-13,15-16H2,(H,27,28). The highest BCUT2D eigenvalue weighted by atomic mass is 16.5. The van der Waals surface area contributed by atoms with Gasteiger partial charge in [-0.05, 0) is 44.1 Å². The predicted molar refractivity (Wildman–Crippen MR) is 119 cm³/mol. The minimum atomic E-state index is 0.142. The average Bonchev–Trinajstić information content (AvgIpc) is 2.79. The van der Waals surface area contributed by atoms with Crippen molar-refractivity contribution in [3.05, 3.63) is 54.5 Å². The first kappa shape index (κ1) is 19.9. The lowest BCUT2D eigenvalue weighted by Crippen LogP contribution is -2.43. The highest BCUT2D eigenvalue weighted by Gasteiger charge is 2.33. The van der Waals surface area contributed by atoms with Crippen molar-refractivity contribution in [3.8, 4) is 5.88 Å². The highest BCUT2D eigenvalue weighted by molar-refractivity contribution is 5.80. The van der Waals surface area contributed by atoms with Crippen LogP contribution < -0.4 is 10.1 Å². The van der Waals surface area contributed by atoms with Crippen LogP contribution in [0.15, 0.2) is 48.8 Å². The number of piperidine rings is 1. The zero-order valence-corrected chi connectivity index (χ0v) is 17.5. The lowest BCUT2D eigenvalue weighted by molar-refractivity contribution is -0.109. The van der Waals surface area contributed by atoms with E-state index in [0.717, 1.165) is 67.5 Å². The predicted octanol–water partition coefficient (Wildman–Crippen LogP) is 3.43. The smallest absolute Gasteiger partial charge is 0.236 e. The second-order valence-corrected chi connectivity index (χ2v) is 8.43. The molecule has 2 aliphatic rings. The molecule has 0 radical (unpaired) electrons. The Hall–Kier alpha value is -3.06. The number of benzene rings is 1. The number of carbonyl (C=O) groups is 1. The van der Waals surface area contributed by atoms with Crippen LogP contribution in [-0.4, -0.2) is 57.9 Å². The summed E-state index contributed by atoms with van der Waals surface area (Å²) in [5.74, 6) is 1.91. The van der Waals surface area contributed by atoms with Gasteiger partial charge in [-0.3, -0.25) is 9.88 Å². The van der Waals surface area contributed by atoms with Crippen molar-refractivity contribution in [2.75, 3.05) is 25.0 Å². The molecule has 160 valence electrons. The van der Waals surface area contributed by atoms with Crippen molar-refractivity contribution in [1.29, 1.82) is 0 Å². The maximum Gasteiger partial charge on any atom is 0.236 e. The van der Waals surface area contributed by atoms with Crippen LogP contribution >= 0.6 is 0 Å². The van der Waals surface area contributed by atoms with Crippen LogP contribution in [0.25, 0.3) is 10.9 Å². The molecule has 1 aliphatic carbocycles. The summed E-state index contributed by atoms with van der Waals surface area (Å²) in [6.45, 7) is 2.33. The Balaban J connectivity index is 1.16. The van der Waals surface area contributed by atoms with E-state index in [-0.39, 0.29) is 6.10 Å². The van der Waals surface area contributed by atoms with Crippen LogP contribution in [0, 0.1) is 0 Å². The van der Waals surface area contributed by atoms with Gasteiger partial charge in [-0.2, -0.15) is 0 Å². The van der Waals surface area contributed by atoms with Gasteiger partial charge in [0.25, 0.3) is 0 Å². The van der Waals surface area contributed by atoms with Crippen LogP contribution in [0.4, 0.5) is 5.82 Å². The quantitative estimate of drug-likeness (QED) is 0.590. The number of pyridine rings is 1. The van der Waals surface area contributed by atoms with E-state index < -0.39 is 0 Å². The first-order chi connectivity index (χ1) is 15.3. The number of ether oxygens (including phenoxy) is 1. The molecule has 1 aliphatic heterocycles. The molecule has 0 bridgehead atoms. The highest BCUT2D eigenvalue weighted by Crippen LogP contribution is 2.34. The molecule has 2 aromatic heterocycles. The van der Waals surface area contributed by atoms with E-state index in [4.69, 9.17) is 9.72 Å². The molecular formula is C24H27N5O2. The zero-order valence-electron chi connectivity index (χ0n) is 17.5. The fraction of sp³-hybridized carbons (Fsp3) is 0.417. The average molecular weight is 418 g/mol. The van der Waals surface area contributed by atoms with Crippen LogP contribution in [-0.2, 0) is 4.79 Å². The molecule has 0 atom stereocenters. The van der Waals surface area contributed by atoms with Crippen molar-refractivity contribution < 1.29 is 9.53 Å². The fourth-order valence-corrected chi connectivity index (χ4v) is 4.49. The van der Waals surface area contributed by atoms with Crippen molar-refractivity contribution >= 4 is 23.0 Å². The van der Waals surface area contributed by atoms with Gasteiger partial charge in [0.15, 0.2) is 0 Å². The second kappa shape index (κ2) is 8.98. The third-order valence-electron chi connectivity index (χ3n) is 6.32. The van der Waals surface area contributed by atoms with Gasteiger partial charge in [0.1, 0.15) is 23.9 Å². The monoisotopic (exact) mass is 417 g/mol. The number of nitrogens with zero attached hydrogens (tertiary/aromatic N) is 4. The molecule has 7 nitrogen and oxygen atoms in total. The second-order valence-electron chi connectivity index (χ2n) is 8.43. The number of para-hydroxylation sites is 1. The topological polar surface area (TPSA) is 80.2 Å². The van der Waals surface area contributed by atoms with Crippen LogP contribution in [0.1, 0.15) is 37.3 Å². The third kappa shape index (κ3) is 4.51. The lowest BCUT2D eigenvalue weighted by Gasteiger charge is -2.36. The summed E-state index contributed by atoms with van der Waals surface area (Å²) >= 11 is 0. The number of carbonyl (C=O) groups excluding carboxylic acids is 1. The summed E-state index contributed by atoms with van der Waals surface area (Å²) in [4.78, 5) is 26.7. The minimum Gasteiger partial charge on any atom is -0.473 e. The number of rotatable bonds is 7. The zero-order chi connectivity index (χ0) is 21.0. The number of nitrogens with one attached hydrogen (secondary N) is 1. The van der Waals surface area contributed by atoms with E-state index in [0.29, 0.717) is 24.4 Å². The molecule has 1 N–H and O–H groups in total. The summed E-state index contributed by atoms with van der Waals surface area (Å²) in [6.07, 6.45) is 8.36. The maximum absolute atomic E-state index is 10.7. The van der Waals surface area contributed by atoms with E-state index in [1.54, 1.807) is 12.4 Å². The summed E-state index contributed by atoms with van der Waals surface area (Å²) < 4.78 is 6.24. The molecular weight excluding hydrogens is 390 g/mol. The van der Waals surface area contributed by atoms with E-state index >= 15 is 0 Å². The van der Waals surface area contributed by atoms with Crippen LogP contribution in [0.2, 0.25) is 0 Å². The molecule has 5 rings (SSSR count). The fourth-order valence-electron chi connectivity index (χ4n) is 4.49. The van der Waals surface area contributed by atoms with Crippen LogP contribution in [0.5, 0.6) is 5.88 Å². The Labute approximate surface area is 181 Å². The van der Waals surface area contributed by atoms with Gasteiger partial charge in [0.05, 0.1) is 12.1 Å². The van der Waals surface area contributed by atoms with Crippen LogP contribution in [0.3, 0.4) is 0 Å². The molecule has 7 heteroatoms. The van der Waals surface area contributed by atoms with E-state index in [2.05, 4.69) is 32.3 Å². The van der Waals surface area contributed by atoms with Gasteiger partial charge in [-0.25, -0.2) is 9.97 Å². The Morgan fingerprint density at radius 3 is 2.71 bits per heavy atom. The SMILES string of the molecule is O=CCN1CCC(c2nccnc2OC2CC(Nc3ccc4ccccc4n3)C2)CC1. The molecule has 1 aromatic carbocycles. The number of anilines is 1. The lowest BCUT2D eigenvalue weighted by atomic mass is 9.89. The summed E-state index contributed by atoms with van der Waals surface area (Å²) in [6, 6.07) is 12.6. The van der Waals surface area contributed by atoms with Gasteiger partial charge in [0.2, 0.25) is 5.88 Å². The molecule has 0 unspecified atom stereocenters. The number of aromatic nitrogens is 3. The first-order valence-corrected chi connectivity index (χ1v) is 11.0. The van der Waals surface area contributed by atoms with Crippen molar-refractivity contribution in [2.45, 2.75) is 43.7 Å². The largest absolute Gasteiger partial charge is 0.473 e. The normalized spacial score (nSPS) is 22.1. The Kier molecular flexibility index (Phi) is 5.76. The first-order valence-electron chi connectivity index (χ1n) is 11.0. The summed E-state index contributed by atoms with van der Waals surface area (Å²) in [7, 11) is 0. The van der Waals surface area contributed by atoms with E-state index in [9.17, 15) is 4.79 Å². The number of hydrogen-bond donors (Lipinski definition) is 1. The Bertz CT molecular complexity index is 1040. The number of hydrogen-bond acceptors (Lipinski definition) is 7. The van der Waals surface area contributed by atoms with Crippen molar-refractivity contribution in [2.24, 2.45) is 0 Å². The molecule has 31 heavy (non-hydrogen) atoms. The van der Waals surface area contributed by atoms with Crippen molar-refractivity contribution in [1.82, 2.24) is 19.9 Å². The Morgan fingerprint density at radius 2 is 1.87 bits per heavy atom. The number of fused-ring (bicyclic) bond motifs is 1. The maximum atomic E-state index is 10.7. The molecule has 3 aromatic rings. The molecule has 2 fully saturated rings. The summed E-state index contributed by atoms with van der Waals surface area (Å²) in [5.41, 5.74) is 1.96. The minimum absolute atomic E-state index is 0.142. The van der Waals surface area contributed by atoms with Gasteiger partial charge >= 0.3 is 0 Å². The molecule has 1 saturated carbocycles. The van der Waals surface area contributed by atoms with E-state index in [1.807, 2.05) is 24.3 Å². The molecule has 3 heterocycles. The van der Waals surface area contributed by atoms with Gasteiger partial charge in [0, 0.05) is 42.6 Å². The van der Waals surface area contributed by atoms with Gasteiger partial charge in [-0.1, -0.05) is 18.2 Å². The third-order valence-corrected chi connectivity index (χ3v) is 6.32. The molecule has 0 spiro atoms. The van der Waals surface area contributed by atoms with Crippen molar-refractivity contribution in [3.63, 3.8) is 0 Å². The molecule has 0 amide bonds. The van der Waals surface area contributed by atoms with E-state index in [1.165, 1.54) is 0 Å². The van der Waals surface area contributed by atoms with Gasteiger partial charge in [-0.15, -0.1) is 0 Å².